The van der Waals surface area contributed by atoms with Gasteiger partial charge in [-0.1, -0.05) is 37.3 Å². The first-order chi connectivity index (χ1) is 13.4. The second-order valence-corrected chi connectivity index (χ2v) is 7.57. The van der Waals surface area contributed by atoms with E-state index in [0.29, 0.717) is 18.4 Å². The van der Waals surface area contributed by atoms with Crippen molar-refractivity contribution in [1.82, 2.24) is 19.4 Å². The van der Waals surface area contributed by atoms with Gasteiger partial charge in [0.2, 0.25) is 0 Å². The minimum atomic E-state index is -4.23. The Labute approximate surface area is 165 Å². The molecule has 1 aliphatic rings. The fourth-order valence-electron chi connectivity index (χ4n) is 4.00. The van der Waals surface area contributed by atoms with Crippen LogP contribution in [0.3, 0.4) is 0 Å². The van der Waals surface area contributed by atoms with Gasteiger partial charge >= 0.3 is 6.18 Å². The Morgan fingerprint density at radius 3 is 2.71 bits per heavy atom. The van der Waals surface area contributed by atoms with Crippen LogP contribution in [-0.4, -0.2) is 51.2 Å². The molecule has 7 heteroatoms. The number of hydrogen-bond donors (Lipinski definition) is 0. The zero-order valence-corrected chi connectivity index (χ0v) is 16.4. The van der Waals surface area contributed by atoms with Crippen molar-refractivity contribution in [3.8, 4) is 0 Å². The van der Waals surface area contributed by atoms with E-state index in [1.165, 1.54) is 22.5 Å². The number of benzene rings is 1. The maximum Gasteiger partial charge on any atom is 0.406 e. The quantitative estimate of drug-likeness (QED) is 0.666. The SMILES string of the molecule is CCCN(Cc1nccn1CC(F)(F)F)C1CCCN(Cc2ccccc2)C1. The molecule has 1 fully saturated rings. The number of nitrogens with zero attached hydrogens (tertiary/aromatic N) is 4. The molecule has 154 valence electrons. The average molecular weight is 394 g/mol. The summed E-state index contributed by atoms with van der Waals surface area (Å²) in [6, 6.07) is 10.8. The van der Waals surface area contributed by atoms with Crippen molar-refractivity contribution in [2.75, 3.05) is 19.6 Å². The van der Waals surface area contributed by atoms with Crippen molar-refractivity contribution >= 4 is 0 Å². The van der Waals surface area contributed by atoms with Crippen LogP contribution < -0.4 is 0 Å². The Morgan fingerprint density at radius 1 is 1.21 bits per heavy atom. The third-order valence-corrected chi connectivity index (χ3v) is 5.25. The Morgan fingerprint density at radius 2 is 2.00 bits per heavy atom. The molecule has 0 amide bonds. The molecule has 0 saturated carbocycles. The topological polar surface area (TPSA) is 24.3 Å². The molecule has 1 unspecified atom stereocenters. The van der Waals surface area contributed by atoms with E-state index in [2.05, 4.69) is 46.0 Å². The van der Waals surface area contributed by atoms with Gasteiger partial charge in [0.25, 0.3) is 0 Å². The van der Waals surface area contributed by atoms with Gasteiger partial charge in [0, 0.05) is 31.5 Å². The lowest BCUT2D eigenvalue weighted by Gasteiger charge is -2.39. The highest BCUT2D eigenvalue weighted by Crippen LogP contribution is 2.22. The summed E-state index contributed by atoms with van der Waals surface area (Å²) in [5.41, 5.74) is 1.30. The van der Waals surface area contributed by atoms with Gasteiger partial charge in [-0.3, -0.25) is 9.80 Å². The molecule has 1 atom stereocenters. The van der Waals surface area contributed by atoms with E-state index in [1.807, 2.05) is 6.07 Å². The van der Waals surface area contributed by atoms with Gasteiger partial charge < -0.3 is 4.57 Å². The lowest BCUT2D eigenvalue weighted by atomic mass is 10.0. The van der Waals surface area contributed by atoms with Gasteiger partial charge in [-0.05, 0) is 37.9 Å². The van der Waals surface area contributed by atoms with Crippen molar-refractivity contribution in [3.05, 3.63) is 54.1 Å². The maximum absolute atomic E-state index is 12.8. The Hall–Kier alpha value is -1.86. The van der Waals surface area contributed by atoms with Crippen LogP contribution in [0.25, 0.3) is 0 Å². The molecule has 2 aromatic rings. The standard InChI is InChI=1S/C21H29F3N4/c1-2-11-27(16-20-25-10-13-28(20)17-21(22,23)24)19-9-6-12-26(15-19)14-18-7-4-3-5-8-18/h3-5,7-8,10,13,19H,2,6,9,11-12,14-17H2,1H3. The molecule has 0 radical (unpaired) electrons. The Kier molecular flexibility index (Phi) is 7.13. The number of hydrogen-bond acceptors (Lipinski definition) is 3. The van der Waals surface area contributed by atoms with Crippen LogP contribution in [0.5, 0.6) is 0 Å². The summed E-state index contributed by atoms with van der Waals surface area (Å²) >= 11 is 0. The van der Waals surface area contributed by atoms with Gasteiger partial charge in [-0.15, -0.1) is 0 Å². The number of halogens is 3. The molecule has 0 bridgehead atoms. The number of rotatable bonds is 8. The van der Waals surface area contributed by atoms with Gasteiger partial charge in [0.1, 0.15) is 12.4 Å². The van der Waals surface area contributed by atoms with E-state index in [1.54, 1.807) is 0 Å². The van der Waals surface area contributed by atoms with Crippen molar-refractivity contribution in [1.29, 1.82) is 0 Å². The number of likely N-dealkylation sites (tertiary alicyclic amines) is 1. The molecule has 3 rings (SSSR count). The highest BCUT2D eigenvalue weighted by molar-refractivity contribution is 5.14. The summed E-state index contributed by atoms with van der Waals surface area (Å²) in [5, 5.41) is 0. The van der Waals surface area contributed by atoms with E-state index in [9.17, 15) is 13.2 Å². The van der Waals surface area contributed by atoms with Crippen LogP contribution in [0.15, 0.2) is 42.7 Å². The van der Waals surface area contributed by atoms with E-state index < -0.39 is 12.7 Å². The summed E-state index contributed by atoms with van der Waals surface area (Å²) in [5.74, 6) is 0.492. The van der Waals surface area contributed by atoms with E-state index >= 15 is 0 Å². The van der Waals surface area contributed by atoms with E-state index in [-0.39, 0.29) is 0 Å². The molecule has 28 heavy (non-hydrogen) atoms. The smallest absolute Gasteiger partial charge is 0.325 e. The lowest BCUT2D eigenvalue weighted by molar-refractivity contribution is -0.141. The van der Waals surface area contributed by atoms with Crippen LogP contribution in [-0.2, 0) is 19.6 Å². The number of piperidine rings is 1. The lowest BCUT2D eigenvalue weighted by Crippen LogP contribution is -2.47. The molecule has 0 N–H and O–H groups in total. The third kappa shape index (κ3) is 6.07. The summed E-state index contributed by atoms with van der Waals surface area (Å²) in [6.07, 6.45) is 1.81. The van der Waals surface area contributed by atoms with Gasteiger partial charge in [0.15, 0.2) is 0 Å². The van der Waals surface area contributed by atoms with Crippen LogP contribution in [0, 0.1) is 0 Å². The van der Waals surface area contributed by atoms with Crippen molar-refractivity contribution in [3.63, 3.8) is 0 Å². The van der Waals surface area contributed by atoms with Gasteiger partial charge in [0.05, 0.1) is 6.54 Å². The first kappa shape index (κ1) is 20.9. The third-order valence-electron chi connectivity index (χ3n) is 5.25. The van der Waals surface area contributed by atoms with Crippen LogP contribution in [0.1, 0.15) is 37.6 Å². The largest absolute Gasteiger partial charge is 0.406 e. The zero-order chi connectivity index (χ0) is 20.0. The average Bonchev–Trinajstić information content (AvgIpc) is 3.07. The van der Waals surface area contributed by atoms with Gasteiger partial charge in [-0.2, -0.15) is 13.2 Å². The monoisotopic (exact) mass is 394 g/mol. The second kappa shape index (κ2) is 9.56. The minimum Gasteiger partial charge on any atom is -0.325 e. The minimum absolute atomic E-state index is 0.341. The van der Waals surface area contributed by atoms with Crippen molar-refractivity contribution in [2.24, 2.45) is 0 Å². The molecular weight excluding hydrogens is 365 g/mol. The number of aromatic nitrogens is 2. The normalized spacial score (nSPS) is 18.7. The fraction of sp³-hybridized carbons (Fsp3) is 0.571. The fourth-order valence-corrected chi connectivity index (χ4v) is 4.00. The van der Waals surface area contributed by atoms with Crippen LogP contribution >= 0.6 is 0 Å². The molecule has 1 saturated heterocycles. The number of alkyl halides is 3. The molecule has 1 aliphatic heterocycles. The van der Waals surface area contributed by atoms with Crippen molar-refractivity contribution in [2.45, 2.75) is 58.0 Å². The molecule has 1 aromatic carbocycles. The summed E-state index contributed by atoms with van der Waals surface area (Å²) in [6.45, 7) is 5.37. The Balaban J connectivity index is 1.65. The van der Waals surface area contributed by atoms with Crippen LogP contribution in [0.2, 0.25) is 0 Å². The van der Waals surface area contributed by atoms with Crippen LogP contribution in [0.4, 0.5) is 13.2 Å². The summed E-state index contributed by atoms with van der Waals surface area (Å²) in [7, 11) is 0. The predicted octanol–water partition coefficient (Wildman–Crippen LogP) is 4.32. The molecule has 0 aliphatic carbocycles. The second-order valence-electron chi connectivity index (χ2n) is 7.57. The summed E-state index contributed by atoms with van der Waals surface area (Å²) < 4.78 is 39.7. The molecule has 2 heterocycles. The first-order valence-electron chi connectivity index (χ1n) is 10.0. The molecule has 0 spiro atoms. The highest BCUT2D eigenvalue weighted by atomic mass is 19.4. The van der Waals surface area contributed by atoms with E-state index in [4.69, 9.17) is 0 Å². The number of imidazole rings is 1. The predicted molar refractivity (Wildman–Crippen MR) is 104 cm³/mol. The summed E-state index contributed by atoms with van der Waals surface area (Å²) in [4.78, 5) is 8.98. The highest BCUT2D eigenvalue weighted by Gasteiger charge is 2.30. The first-order valence-corrected chi connectivity index (χ1v) is 10.0. The molecule has 1 aromatic heterocycles. The van der Waals surface area contributed by atoms with Gasteiger partial charge in [-0.25, -0.2) is 4.98 Å². The van der Waals surface area contributed by atoms with Crippen molar-refractivity contribution < 1.29 is 13.2 Å². The Bertz CT molecular complexity index is 714. The maximum atomic E-state index is 12.8. The van der Waals surface area contributed by atoms with E-state index in [0.717, 1.165) is 45.4 Å². The zero-order valence-electron chi connectivity index (χ0n) is 16.4. The molecular formula is C21H29F3N4. The molecule has 4 nitrogen and oxygen atoms in total.